The Labute approximate surface area is 149 Å². The van der Waals surface area contributed by atoms with Crippen molar-refractivity contribution in [2.75, 3.05) is 30.9 Å². The van der Waals surface area contributed by atoms with Crippen LogP contribution in [-0.2, 0) is 14.3 Å². The molecule has 0 atom stereocenters. The van der Waals surface area contributed by atoms with E-state index in [0.29, 0.717) is 47.9 Å². The molecular formula is C16H19N7O3. The molecule has 10 heteroatoms. The third-order valence-corrected chi connectivity index (χ3v) is 4.12. The Morgan fingerprint density at radius 2 is 2.23 bits per heavy atom. The average molecular weight is 357 g/mol. The van der Waals surface area contributed by atoms with Gasteiger partial charge in [0.25, 0.3) is 5.91 Å². The minimum Gasteiger partial charge on any atom is -0.383 e. The first-order valence-electron chi connectivity index (χ1n) is 8.44. The molecule has 0 aromatic carbocycles. The van der Waals surface area contributed by atoms with Gasteiger partial charge in [0.2, 0.25) is 17.8 Å². The van der Waals surface area contributed by atoms with Crippen molar-refractivity contribution < 1.29 is 14.3 Å². The van der Waals surface area contributed by atoms with E-state index in [4.69, 9.17) is 4.74 Å². The summed E-state index contributed by atoms with van der Waals surface area (Å²) in [6.07, 6.45) is 5.52. The molecule has 26 heavy (non-hydrogen) atoms. The van der Waals surface area contributed by atoms with Crippen LogP contribution in [0.1, 0.15) is 24.8 Å². The summed E-state index contributed by atoms with van der Waals surface area (Å²) in [6, 6.07) is 0.393. The SMILES string of the molecule is COCCNc1nc(NC2CC2)n2ncc(/C=C3\CC(=O)NC3=O)c2n1. The second-order valence-electron chi connectivity index (χ2n) is 6.27. The van der Waals surface area contributed by atoms with Crippen LogP contribution in [-0.4, -0.2) is 57.7 Å². The number of fused-ring (bicyclic) bond motifs is 1. The lowest BCUT2D eigenvalue weighted by Crippen LogP contribution is -2.19. The number of nitrogens with zero attached hydrogens (tertiary/aromatic N) is 4. The van der Waals surface area contributed by atoms with Gasteiger partial charge in [0.1, 0.15) is 0 Å². The quantitative estimate of drug-likeness (QED) is 0.365. The van der Waals surface area contributed by atoms with E-state index < -0.39 is 0 Å². The Hall–Kier alpha value is -3.01. The van der Waals surface area contributed by atoms with Crippen LogP contribution in [0.2, 0.25) is 0 Å². The molecule has 1 saturated carbocycles. The maximum Gasteiger partial charge on any atom is 0.254 e. The molecule has 3 N–H and O–H groups in total. The van der Waals surface area contributed by atoms with Gasteiger partial charge in [-0.25, -0.2) is 0 Å². The second kappa shape index (κ2) is 6.71. The van der Waals surface area contributed by atoms with Gasteiger partial charge in [0, 0.05) is 30.8 Å². The van der Waals surface area contributed by atoms with E-state index in [-0.39, 0.29) is 18.2 Å². The van der Waals surface area contributed by atoms with Gasteiger partial charge in [-0.1, -0.05) is 0 Å². The van der Waals surface area contributed by atoms with Gasteiger partial charge < -0.3 is 15.4 Å². The van der Waals surface area contributed by atoms with Crippen molar-refractivity contribution in [2.24, 2.45) is 0 Å². The topological polar surface area (TPSA) is 123 Å². The molecule has 0 radical (unpaired) electrons. The van der Waals surface area contributed by atoms with Gasteiger partial charge in [-0.3, -0.25) is 14.9 Å². The van der Waals surface area contributed by atoms with Crippen molar-refractivity contribution >= 4 is 35.4 Å². The van der Waals surface area contributed by atoms with Gasteiger partial charge in [-0.15, -0.1) is 0 Å². The highest BCUT2D eigenvalue weighted by molar-refractivity contribution is 6.15. The number of hydrogen-bond acceptors (Lipinski definition) is 8. The van der Waals surface area contributed by atoms with Crippen LogP contribution in [0.3, 0.4) is 0 Å². The molecule has 1 aliphatic heterocycles. The molecule has 136 valence electrons. The van der Waals surface area contributed by atoms with Crippen molar-refractivity contribution in [3.05, 3.63) is 17.3 Å². The van der Waals surface area contributed by atoms with E-state index in [2.05, 4.69) is 31.0 Å². The number of methoxy groups -OCH3 is 1. The lowest BCUT2D eigenvalue weighted by Gasteiger charge is -2.10. The van der Waals surface area contributed by atoms with Crippen LogP contribution >= 0.6 is 0 Å². The van der Waals surface area contributed by atoms with Gasteiger partial charge in [-0.05, 0) is 18.9 Å². The summed E-state index contributed by atoms with van der Waals surface area (Å²) in [7, 11) is 1.63. The van der Waals surface area contributed by atoms with Crippen molar-refractivity contribution in [3.8, 4) is 0 Å². The van der Waals surface area contributed by atoms with E-state index in [9.17, 15) is 9.59 Å². The number of aromatic nitrogens is 4. The fraction of sp³-hybridized carbons (Fsp3) is 0.438. The van der Waals surface area contributed by atoms with Gasteiger partial charge in [0.05, 0.1) is 19.2 Å². The molecular weight excluding hydrogens is 338 g/mol. The lowest BCUT2D eigenvalue weighted by atomic mass is 10.1. The summed E-state index contributed by atoms with van der Waals surface area (Å²) in [5.41, 5.74) is 1.61. The standard InChI is InChI=1S/C16H19N7O3/c1-26-5-4-17-15-21-13-10(6-9-7-12(24)20-14(9)25)8-18-23(13)16(22-15)19-11-2-3-11/h6,8,11H,2-5,7H2,1H3,(H,20,24,25)(H2,17,19,21,22)/b9-6+. The Morgan fingerprint density at radius 3 is 2.92 bits per heavy atom. The number of ether oxygens (including phenoxy) is 1. The zero-order chi connectivity index (χ0) is 18.1. The molecule has 3 heterocycles. The van der Waals surface area contributed by atoms with Crippen molar-refractivity contribution in [2.45, 2.75) is 25.3 Å². The summed E-state index contributed by atoms with van der Waals surface area (Å²) < 4.78 is 6.65. The Morgan fingerprint density at radius 1 is 1.38 bits per heavy atom. The van der Waals surface area contributed by atoms with Crippen LogP contribution in [0.4, 0.5) is 11.9 Å². The summed E-state index contributed by atoms with van der Waals surface area (Å²) in [4.78, 5) is 32.2. The molecule has 1 aliphatic carbocycles. The Balaban J connectivity index is 1.71. The highest BCUT2D eigenvalue weighted by atomic mass is 16.5. The van der Waals surface area contributed by atoms with Crippen LogP contribution in [0.25, 0.3) is 11.7 Å². The number of anilines is 2. The highest BCUT2D eigenvalue weighted by Gasteiger charge is 2.26. The second-order valence-corrected chi connectivity index (χ2v) is 6.27. The number of rotatable bonds is 7. The number of amides is 2. The van der Waals surface area contributed by atoms with Crippen LogP contribution in [0, 0.1) is 0 Å². The first-order valence-corrected chi connectivity index (χ1v) is 8.44. The minimum atomic E-state index is -0.377. The third-order valence-electron chi connectivity index (χ3n) is 4.12. The number of imide groups is 1. The van der Waals surface area contributed by atoms with E-state index >= 15 is 0 Å². The van der Waals surface area contributed by atoms with Gasteiger partial charge >= 0.3 is 0 Å². The molecule has 2 aromatic heterocycles. The van der Waals surface area contributed by atoms with Crippen molar-refractivity contribution in [3.63, 3.8) is 0 Å². The molecule has 0 unspecified atom stereocenters. The predicted molar refractivity (Wildman–Crippen MR) is 93.5 cm³/mol. The van der Waals surface area contributed by atoms with Crippen LogP contribution in [0.15, 0.2) is 11.8 Å². The van der Waals surface area contributed by atoms with Gasteiger partial charge in [-0.2, -0.15) is 19.6 Å². The third kappa shape index (κ3) is 3.36. The molecule has 0 spiro atoms. The minimum absolute atomic E-state index is 0.0629. The molecule has 4 rings (SSSR count). The number of carbonyl (C=O) groups excluding carboxylic acids is 2. The first-order chi connectivity index (χ1) is 12.6. The van der Waals surface area contributed by atoms with Crippen molar-refractivity contribution in [1.29, 1.82) is 0 Å². The maximum absolute atomic E-state index is 11.8. The van der Waals surface area contributed by atoms with Crippen molar-refractivity contribution in [1.82, 2.24) is 24.9 Å². The number of hydrogen-bond donors (Lipinski definition) is 3. The van der Waals surface area contributed by atoms with Gasteiger partial charge in [0.15, 0.2) is 5.65 Å². The molecule has 2 aromatic rings. The highest BCUT2D eigenvalue weighted by Crippen LogP contribution is 2.26. The largest absolute Gasteiger partial charge is 0.383 e. The van der Waals surface area contributed by atoms with Crippen LogP contribution in [0.5, 0.6) is 0 Å². The lowest BCUT2D eigenvalue weighted by molar-refractivity contribution is -0.124. The zero-order valence-electron chi connectivity index (χ0n) is 14.3. The fourth-order valence-electron chi connectivity index (χ4n) is 2.65. The fourth-order valence-corrected chi connectivity index (χ4v) is 2.65. The molecule has 2 amide bonds. The predicted octanol–water partition coefficient (Wildman–Crippen LogP) is 0.187. The van der Waals surface area contributed by atoms with Crippen LogP contribution < -0.4 is 16.0 Å². The normalized spacial score (nSPS) is 18.6. The molecule has 2 aliphatic rings. The number of nitrogens with one attached hydrogen (secondary N) is 3. The Bertz CT molecular complexity index is 901. The molecule has 2 fully saturated rings. The summed E-state index contributed by atoms with van der Waals surface area (Å²) >= 11 is 0. The molecule has 0 bridgehead atoms. The molecule has 1 saturated heterocycles. The summed E-state index contributed by atoms with van der Waals surface area (Å²) in [6.45, 7) is 1.09. The van der Waals surface area contributed by atoms with E-state index in [1.165, 1.54) is 0 Å². The summed E-state index contributed by atoms with van der Waals surface area (Å²) in [5.74, 6) is 0.363. The smallest absolute Gasteiger partial charge is 0.254 e. The first kappa shape index (κ1) is 16.5. The maximum atomic E-state index is 11.8. The molecule has 10 nitrogen and oxygen atoms in total. The van der Waals surface area contributed by atoms with E-state index in [1.54, 1.807) is 23.9 Å². The monoisotopic (exact) mass is 357 g/mol. The zero-order valence-corrected chi connectivity index (χ0v) is 14.3. The van der Waals surface area contributed by atoms with E-state index in [0.717, 1.165) is 12.8 Å². The van der Waals surface area contributed by atoms with E-state index in [1.807, 2.05) is 0 Å². The average Bonchev–Trinajstić information content (AvgIpc) is 3.24. The summed E-state index contributed by atoms with van der Waals surface area (Å²) in [5, 5.41) is 13.1. The Kier molecular flexibility index (Phi) is 4.25. The number of carbonyl (C=O) groups is 2.